The van der Waals surface area contributed by atoms with E-state index in [4.69, 9.17) is 9.63 Å². The predicted molar refractivity (Wildman–Crippen MR) is 137 cm³/mol. The third-order valence-electron chi connectivity index (χ3n) is 6.54. The summed E-state index contributed by atoms with van der Waals surface area (Å²) in [7, 11) is 0. The molecule has 172 valence electrons. The Kier molecular flexibility index (Phi) is 6.54. The van der Waals surface area contributed by atoms with Crippen molar-refractivity contribution in [1.29, 1.82) is 0 Å². The van der Waals surface area contributed by atoms with Crippen molar-refractivity contribution in [2.75, 3.05) is 5.75 Å². The van der Waals surface area contributed by atoms with Gasteiger partial charge in [0.25, 0.3) is 0 Å². The Bertz CT molecular complexity index is 1260. The number of rotatable bonds is 9. The highest BCUT2D eigenvalue weighted by Crippen LogP contribution is 2.47. The quantitative estimate of drug-likeness (QED) is 0.268. The Labute approximate surface area is 204 Å². The minimum absolute atomic E-state index is 0.160. The van der Waals surface area contributed by atoms with Gasteiger partial charge in [0, 0.05) is 16.9 Å². The molecular weight excluding hydrogens is 442 g/mol. The SMILES string of the molecule is Cc1noc(-c2ccc(-c3ccc([C@H]4C[C@H]4C(=O)O)cc3)cc2)c1CSCCc1ccccc1. The molecule has 0 radical (unpaired) electrons. The van der Waals surface area contributed by atoms with Crippen LogP contribution in [0.2, 0.25) is 0 Å². The van der Waals surface area contributed by atoms with E-state index in [0.29, 0.717) is 0 Å². The van der Waals surface area contributed by atoms with E-state index in [-0.39, 0.29) is 11.8 Å². The lowest BCUT2D eigenvalue weighted by molar-refractivity contribution is -0.138. The van der Waals surface area contributed by atoms with E-state index >= 15 is 0 Å². The van der Waals surface area contributed by atoms with Crippen molar-refractivity contribution in [3.8, 4) is 22.5 Å². The smallest absolute Gasteiger partial charge is 0.307 e. The molecular formula is C29H27NO3S. The number of nitrogens with zero attached hydrogens (tertiary/aromatic N) is 1. The summed E-state index contributed by atoms with van der Waals surface area (Å²) >= 11 is 1.90. The lowest BCUT2D eigenvalue weighted by Crippen LogP contribution is -1.98. The summed E-state index contributed by atoms with van der Waals surface area (Å²) in [6.07, 6.45) is 1.79. The molecule has 0 aliphatic heterocycles. The highest BCUT2D eigenvalue weighted by molar-refractivity contribution is 7.98. The molecule has 1 aromatic heterocycles. The molecule has 0 amide bonds. The number of thioether (sulfide) groups is 1. The van der Waals surface area contributed by atoms with E-state index in [0.717, 1.165) is 63.6 Å². The lowest BCUT2D eigenvalue weighted by atomic mass is 9.99. The van der Waals surface area contributed by atoms with Gasteiger partial charge in [-0.3, -0.25) is 4.79 Å². The van der Waals surface area contributed by atoms with E-state index in [1.165, 1.54) is 5.56 Å². The standard InChI is InChI=1S/C29H27NO3S/c1-19-27(18-34-16-15-20-5-3-2-4-6-20)28(33-30-19)24-13-9-22(10-14-24)21-7-11-23(12-8-21)25-17-26(25)29(31)32/h2-14,25-26H,15-18H2,1H3,(H,31,32)/t25-,26-/m1/s1. The topological polar surface area (TPSA) is 63.3 Å². The Balaban J connectivity index is 1.23. The number of carboxylic acids is 1. The van der Waals surface area contributed by atoms with Crippen molar-refractivity contribution >= 4 is 17.7 Å². The van der Waals surface area contributed by atoms with Crippen LogP contribution in [-0.4, -0.2) is 22.0 Å². The molecule has 0 bridgehead atoms. The Morgan fingerprint density at radius 1 is 0.971 bits per heavy atom. The van der Waals surface area contributed by atoms with Gasteiger partial charge < -0.3 is 9.63 Å². The molecule has 1 fully saturated rings. The summed E-state index contributed by atoms with van der Waals surface area (Å²) in [5.74, 6) is 2.02. The van der Waals surface area contributed by atoms with E-state index in [1.54, 1.807) is 0 Å². The fraction of sp³-hybridized carbons (Fsp3) is 0.241. The van der Waals surface area contributed by atoms with Crippen molar-refractivity contribution in [3.05, 3.63) is 101 Å². The highest BCUT2D eigenvalue weighted by atomic mass is 32.2. The number of aliphatic carboxylic acids is 1. The number of aryl methyl sites for hydroxylation is 2. The summed E-state index contributed by atoms with van der Waals surface area (Å²) in [5.41, 5.74) is 7.85. The van der Waals surface area contributed by atoms with Crippen molar-refractivity contribution in [2.45, 2.75) is 31.4 Å². The van der Waals surface area contributed by atoms with Gasteiger partial charge in [0.05, 0.1) is 11.6 Å². The number of hydrogen-bond donors (Lipinski definition) is 1. The van der Waals surface area contributed by atoms with Gasteiger partial charge >= 0.3 is 5.97 Å². The molecule has 5 heteroatoms. The van der Waals surface area contributed by atoms with Crippen LogP contribution in [0.15, 0.2) is 83.4 Å². The van der Waals surface area contributed by atoms with Gasteiger partial charge in [-0.1, -0.05) is 84.0 Å². The molecule has 4 aromatic rings. The number of carbonyl (C=O) groups is 1. The van der Waals surface area contributed by atoms with Gasteiger partial charge in [0.2, 0.25) is 0 Å². The maximum absolute atomic E-state index is 11.1. The number of benzene rings is 3. The normalized spacial score (nSPS) is 17.0. The molecule has 1 saturated carbocycles. The zero-order valence-electron chi connectivity index (χ0n) is 19.1. The fourth-order valence-electron chi connectivity index (χ4n) is 4.37. The molecule has 1 aliphatic rings. The molecule has 1 aliphatic carbocycles. The van der Waals surface area contributed by atoms with Gasteiger partial charge in [0.15, 0.2) is 5.76 Å². The first kappa shape index (κ1) is 22.5. The third kappa shape index (κ3) is 4.95. The van der Waals surface area contributed by atoms with Gasteiger partial charge in [-0.15, -0.1) is 0 Å². The zero-order valence-corrected chi connectivity index (χ0v) is 19.9. The van der Waals surface area contributed by atoms with Crippen molar-refractivity contribution < 1.29 is 14.4 Å². The largest absolute Gasteiger partial charge is 0.481 e. The first-order chi connectivity index (χ1) is 16.6. The van der Waals surface area contributed by atoms with Gasteiger partial charge in [0.1, 0.15) is 0 Å². The van der Waals surface area contributed by atoms with Crippen LogP contribution in [0.5, 0.6) is 0 Å². The van der Waals surface area contributed by atoms with Crippen LogP contribution >= 0.6 is 11.8 Å². The van der Waals surface area contributed by atoms with Crippen LogP contribution in [-0.2, 0) is 17.0 Å². The van der Waals surface area contributed by atoms with Crippen molar-refractivity contribution in [1.82, 2.24) is 5.16 Å². The van der Waals surface area contributed by atoms with Crippen LogP contribution in [0.25, 0.3) is 22.5 Å². The van der Waals surface area contributed by atoms with E-state index in [2.05, 4.69) is 78.0 Å². The van der Waals surface area contributed by atoms with Crippen LogP contribution in [0, 0.1) is 12.8 Å². The van der Waals surface area contributed by atoms with E-state index < -0.39 is 5.97 Å². The second-order valence-electron chi connectivity index (χ2n) is 8.85. The second kappa shape index (κ2) is 9.90. The molecule has 3 aromatic carbocycles. The molecule has 4 nitrogen and oxygen atoms in total. The average Bonchev–Trinajstić information content (AvgIpc) is 3.60. The number of hydrogen-bond acceptors (Lipinski definition) is 4. The Hall–Kier alpha value is -3.31. The van der Waals surface area contributed by atoms with E-state index in [9.17, 15) is 4.79 Å². The minimum Gasteiger partial charge on any atom is -0.481 e. The first-order valence-corrected chi connectivity index (χ1v) is 12.8. The van der Waals surface area contributed by atoms with Gasteiger partial charge in [-0.25, -0.2) is 0 Å². The van der Waals surface area contributed by atoms with Gasteiger partial charge in [-0.2, -0.15) is 11.8 Å². The molecule has 0 saturated heterocycles. The molecule has 1 N–H and O–H groups in total. The van der Waals surface area contributed by atoms with Crippen molar-refractivity contribution in [3.63, 3.8) is 0 Å². The lowest BCUT2D eigenvalue weighted by Gasteiger charge is -2.07. The first-order valence-electron chi connectivity index (χ1n) is 11.6. The number of aromatic nitrogens is 1. The van der Waals surface area contributed by atoms with Crippen molar-refractivity contribution in [2.24, 2.45) is 5.92 Å². The monoisotopic (exact) mass is 469 g/mol. The number of carboxylic acid groups (broad SMARTS) is 1. The summed E-state index contributed by atoms with van der Waals surface area (Å²) in [5, 5.41) is 13.4. The van der Waals surface area contributed by atoms with Crippen LogP contribution < -0.4 is 0 Å². The van der Waals surface area contributed by atoms with E-state index in [1.807, 2.05) is 24.8 Å². The fourth-order valence-corrected chi connectivity index (χ4v) is 5.44. The summed E-state index contributed by atoms with van der Waals surface area (Å²) in [4.78, 5) is 11.1. The molecule has 0 spiro atoms. The Morgan fingerprint density at radius 2 is 1.62 bits per heavy atom. The summed E-state index contributed by atoms with van der Waals surface area (Å²) < 4.78 is 5.71. The van der Waals surface area contributed by atoms with Crippen LogP contribution in [0.4, 0.5) is 0 Å². The molecule has 0 unspecified atom stereocenters. The maximum atomic E-state index is 11.1. The third-order valence-corrected chi connectivity index (χ3v) is 7.52. The highest BCUT2D eigenvalue weighted by Gasteiger charge is 2.43. The van der Waals surface area contributed by atoms with Gasteiger partial charge in [-0.05, 0) is 53.7 Å². The second-order valence-corrected chi connectivity index (χ2v) is 9.96. The summed E-state index contributed by atoms with van der Waals surface area (Å²) in [6, 6.07) is 27.2. The average molecular weight is 470 g/mol. The minimum atomic E-state index is -0.693. The summed E-state index contributed by atoms with van der Waals surface area (Å²) in [6.45, 7) is 2.00. The maximum Gasteiger partial charge on any atom is 0.307 e. The zero-order chi connectivity index (χ0) is 23.5. The molecule has 34 heavy (non-hydrogen) atoms. The molecule has 2 atom stereocenters. The predicted octanol–water partition coefficient (Wildman–Crippen LogP) is 6.98. The van der Waals surface area contributed by atoms with Crippen LogP contribution in [0.3, 0.4) is 0 Å². The Morgan fingerprint density at radius 3 is 2.26 bits per heavy atom. The molecule has 1 heterocycles. The van der Waals surface area contributed by atoms with Crippen LogP contribution in [0.1, 0.15) is 34.7 Å². The molecule has 5 rings (SSSR count).